The SMILES string of the molecule is CCOC(=CBr)OCC. The van der Waals surface area contributed by atoms with Crippen molar-refractivity contribution in [3.63, 3.8) is 0 Å². The summed E-state index contributed by atoms with van der Waals surface area (Å²) in [5.41, 5.74) is 0. The Balaban J connectivity index is 3.43. The molecule has 0 amide bonds. The van der Waals surface area contributed by atoms with Gasteiger partial charge >= 0.3 is 0 Å². The van der Waals surface area contributed by atoms with E-state index in [4.69, 9.17) is 9.47 Å². The van der Waals surface area contributed by atoms with E-state index in [9.17, 15) is 0 Å². The maximum absolute atomic E-state index is 5.02. The number of hydrogen-bond acceptors (Lipinski definition) is 2. The fraction of sp³-hybridized carbons (Fsp3) is 0.667. The molecule has 0 fully saturated rings. The molecule has 0 aliphatic rings. The van der Waals surface area contributed by atoms with Crippen molar-refractivity contribution >= 4 is 15.9 Å². The van der Waals surface area contributed by atoms with Gasteiger partial charge in [0.25, 0.3) is 5.95 Å². The van der Waals surface area contributed by atoms with Crippen LogP contribution < -0.4 is 0 Å². The second kappa shape index (κ2) is 5.95. The molecule has 2 nitrogen and oxygen atoms in total. The van der Waals surface area contributed by atoms with Crippen molar-refractivity contribution in [2.45, 2.75) is 13.8 Å². The molecule has 0 aromatic rings. The van der Waals surface area contributed by atoms with Gasteiger partial charge in [0.05, 0.1) is 18.2 Å². The molecule has 54 valence electrons. The molecule has 0 saturated heterocycles. The summed E-state index contributed by atoms with van der Waals surface area (Å²) in [6.07, 6.45) is 0. The van der Waals surface area contributed by atoms with Crippen LogP contribution in [0.5, 0.6) is 0 Å². The largest absolute Gasteiger partial charge is 0.465 e. The zero-order valence-corrected chi connectivity index (χ0v) is 7.27. The highest BCUT2D eigenvalue weighted by molar-refractivity contribution is 9.11. The Kier molecular flexibility index (Phi) is 5.83. The maximum Gasteiger partial charge on any atom is 0.286 e. The van der Waals surface area contributed by atoms with E-state index in [2.05, 4.69) is 15.9 Å². The summed E-state index contributed by atoms with van der Waals surface area (Å²) < 4.78 is 10.0. The van der Waals surface area contributed by atoms with Crippen molar-refractivity contribution < 1.29 is 9.47 Å². The van der Waals surface area contributed by atoms with Gasteiger partial charge in [0.1, 0.15) is 0 Å². The summed E-state index contributed by atoms with van der Waals surface area (Å²) >= 11 is 3.11. The smallest absolute Gasteiger partial charge is 0.286 e. The van der Waals surface area contributed by atoms with Crippen LogP contribution in [0.25, 0.3) is 0 Å². The van der Waals surface area contributed by atoms with E-state index >= 15 is 0 Å². The van der Waals surface area contributed by atoms with Gasteiger partial charge in [-0.25, -0.2) is 0 Å². The lowest BCUT2D eigenvalue weighted by Gasteiger charge is -2.05. The van der Waals surface area contributed by atoms with E-state index in [1.165, 1.54) is 0 Å². The number of halogens is 1. The van der Waals surface area contributed by atoms with Crippen LogP contribution in [0.2, 0.25) is 0 Å². The topological polar surface area (TPSA) is 18.5 Å². The van der Waals surface area contributed by atoms with Crippen LogP contribution in [0.1, 0.15) is 13.8 Å². The Morgan fingerprint density at radius 3 is 2.00 bits per heavy atom. The minimum absolute atomic E-state index is 0.542. The van der Waals surface area contributed by atoms with Gasteiger partial charge in [0.15, 0.2) is 0 Å². The lowest BCUT2D eigenvalue weighted by Crippen LogP contribution is -1.95. The molecule has 0 aromatic carbocycles. The van der Waals surface area contributed by atoms with Crippen LogP contribution in [0.4, 0.5) is 0 Å². The first-order valence-corrected chi connectivity index (χ1v) is 3.82. The summed E-state index contributed by atoms with van der Waals surface area (Å²) in [7, 11) is 0. The molecule has 0 saturated carbocycles. The lowest BCUT2D eigenvalue weighted by molar-refractivity contribution is 0.0480. The quantitative estimate of drug-likeness (QED) is 0.640. The van der Waals surface area contributed by atoms with Crippen molar-refractivity contribution in [2.24, 2.45) is 0 Å². The third-order valence-corrected chi connectivity index (χ3v) is 1.04. The highest BCUT2D eigenvalue weighted by atomic mass is 79.9. The van der Waals surface area contributed by atoms with Crippen LogP contribution >= 0.6 is 15.9 Å². The van der Waals surface area contributed by atoms with Crippen molar-refractivity contribution in [2.75, 3.05) is 13.2 Å². The molecular formula is C6H11BrO2. The average molecular weight is 195 g/mol. The zero-order chi connectivity index (χ0) is 7.11. The Morgan fingerprint density at radius 2 is 1.78 bits per heavy atom. The predicted molar refractivity (Wildman–Crippen MR) is 40.3 cm³/mol. The van der Waals surface area contributed by atoms with E-state index < -0.39 is 0 Å². The minimum Gasteiger partial charge on any atom is -0.465 e. The molecule has 0 unspecified atom stereocenters. The summed E-state index contributed by atoms with van der Waals surface area (Å²) in [6, 6.07) is 0. The van der Waals surface area contributed by atoms with Crippen LogP contribution in [0.15, 0.2) is 10.9 Å². The van der Waals surface area contributed by atoms with Gasteiger partial charge in [-0.1, -0.05) is 15.9 Å². The lowest BCUT2D eigenvalue weighted by atomic mass is 10.8. The maximum atomic E-state index is 5.02. The van der Waals surface area contributed by atoms with Crippen molar-refractivity contribution in [3.05, 3.63) is 10.9 Å². The highest BCUT2D eigenvalue weighted by Gasteiger charge is 1.91. The van der Waals surface area contributed by atoms with Crippen molar-refractivity contribution in [1.29, 1.82) is 0 Å². The third kappa shape index (κ3) is 4.33. The fourth-order valence-electron chi connectivity index (χ4n) is 0.389. The van der Waals surface area contributed by atoms with Gasteiger partial charge in [0, 0.05) is 0 Å². The third-order valence-electron chi connectivity index (χ3n) is 0.662. The van der Waals surface area contributed by atoms with Crippen LogP contribution in [-0.4, -0.2) is 13.2 Å². The van der Waals surface area contributed by atoms with E-state index in [1.807, 2.05) is 13.8 Å². The first kappa shape index (κ1) is 8.82. The first-order valence-electron chi connectivity index (χ1n) is 2.91. The molecule has 0 rings (SSSR count). The van der Waals surface area contributed by atoms with Crippen molar-refractivity contribution in [3.8, 4) is 0 Å². The van der Waals surface area contributed by atoms with E-state index in [-0.39, 0.29) is 0 Å². The molecule has 0 aromatic heterocycles. The summed E-state index contributed by atoms with van der Waals surface area (Å²) in [5, 5.41) is 0. The van der Waals surface area contributed by atoms with E-state index in [0.717, 1.165) is 0 Å². The second-order valence-corrected chi connectivity index (χ2v) is 1.75. The minimum atomic E-state index is 0.542. The zero-order valence-electron chi connectivity index (χ0n) is 5.69. The molecule has 0 N–H and O–H groups in total. The molecule has 0 radical (unpaired) electrons. The molecule has 0 spiro atoms. The van der Waals surface area contributed by atoms with E-state index in [1.54, 1.807) is 4.99 Å². The molecule has 0 bridgehead atoms. The van der Waals surface area contributed by atoms with Gasteiger partial charge in [-0.2, -0.15) is 0 Å². The molecule has 0 aliphatic carbocycles. The van der Waals surface area contributed by atoms with Crippen LogP contribution in [0.3, 0.4) is 0 Å². The number of hydrogen-bond donors (Lipinski definition) is 0. The van der Waals surface area contributed by atoms with Gasteiger partial charge in [0.2, 0.25) is 0 Å². The van der Waals surface area contributed by atoms with Crippen LogP contribution in [0, 0.1) is 0 Å². The van der Waals surface area contributed by atoms with Crippen molar-refractivity contribution in [1.82, 2.24) is 0 Å². The normalized spacial score (nSPS) is 8.33. The summed E-state index contributed by atoms with van der Waals surface area (Å²) in [6.45, 7) is 5.10. The second-order valence-electron chi connectivity index (χ2n) is 1.29. The first-order chi connectivity index (χ1) is 4.35. The Bertz CT molecular complexity index is 83.1. The van der Waals surface area contributed by atoms with Crippen LogP contribution in [-0.2, 0) is 9.47 Å². The summed E-state index contributed by atoms with van der Waals surface area (Å²) in [4.78, 5) is 1.62. The van der Waals surface area contributed by atoms with Gasteiger partial charge in [-0.05, 0) is 13.8 Å². The molecular weight excluding hydrogens is 184 g/mol. The fourth-order valence-corrected chi connectivity index (χ4v) is 0.654. The molecule has 0 atom stereocenters. The highest BCUT2D eigenvalue weighted by Crippen LogP contribution is 2.01. The molecule has 0 heterocycles. The summed E-state index contributed by atoms with van der Waals surface area (Å²) in [5.74, 6) is 0.542. The number of ether oxygens (including phenoxy) is 2. The standard InChI is InChI=1S/C6H11BrO2/c1-3-8-6(5-7)9-4-2/h5H,3-4H2,1-2H3. The molecule has 0 aliphatic heterocycles. The van der Waals surface area contributed by atoms with Gasteiger partial charge in [-0.15, -0.1) is 0 Å². The Hall–Kier alpha value is -0.180. The monoisotopic (exact) mass is 194 g/mol. The predicted octanol–water partition coefficient (Wildman–Crippen LogP) is 2.25. The molecule has 9 heavy (non-hydrogen) atoms. The number of rotatable bonds is 4. The Labute approximate surface area is 64.0 Å². The Morgan fingerprint density at radius 1 is 1.33 bits per heavy atom. The van der Waals surface area contributed by atoms with E-state index in [0.29, 0.717) is 19.2 Å². The van der Waals surface area contributed by atoms with Gasteiger partial charge < -0.3 is 9.47 Å². The van der Waals surface area contributed by atoms with Gasteiger partial charge in [-0.3, -0.25) is 0 Å². The average Bonchev–Trinajstić information content (AvgIpc) is 1.88. The molecule has 3 heteroatoms.